The first kappa shape index (κ1) is 20.5. The lowest BCUT2D eigenvalue weighted by Gasteiger charge is -2.20. The van der Waals surface area contributed by atoms with Gasteiger partial charge in [0.1, 0.15) is 0 Å². The molecular formula is C20H21ClF3N3O. The van der Waals surface area contributed by atoms with Crippen molar-refractivity contribution in [2.75, 3.05) is 31.5 Å². The average Bonchev–Trinajstić information content (AvgIpc) is 3.23. The van der Waals surface area contributed by atoms with Gasteiger partial charge >= 0.3 is 6.18 Å². The van der Waals surface area contributed by atoms with Crippen LogP contribution < -0.4 is 10.6 Å². The number of para-hydroxylation sites is 1. The average molecular weight is 412 g/mol. The molecular weight excluding hydrogens is 391 g/mol. The first-order valence-electron chi connectivity index (χ1n) is 8.95. The van der Waals surface area contributed by atoms with Crippen LogP contribution in [0.3, 0.4) is 0 Å². The Balaban J connectivity index is 0.00000225. The highest BCUT2D eigenvalue weighted by atomic mass is 35.5. The highest BCUT2D eigenvalue weighted by Crippen LogP contribution is 2.33. The summed E-state index contributed by atoms with van der Waals surface area (Å²) in [7, 11) is 0. The van der Waals surface area contributed by atoms with Gasteiger partial charge in [0.2, 0.25) is 0 Å². The molecule has 28 heavy (non-hydrogen) atoms. The molecule has 1 amide bonds. The molecule has 2 aliphatic rings. The van der Waals surface area contributed by atoms with Gasteiger partial charge in [0.05, 0.1) is 16.8 Å². The van der Waals surface area contributed by atoms with Crippen LogP contribution in [-0.2, 0) is 6.18 Å². The van der Waals surface area contributed by atoms with Crippen LogP contribution in [0.2, 0.25) is 0 Å². The van der Waals surface area contributed by atoms with Gasteiger partial charge in [0, 0.05) is 31.9 Å². The number of amides is 1. The maximum absolute atomic E-state index is 13.0. The van der Waals surface area contributed by atoms with Crippen LogP contribution in [0, 0.1) is 11.8 Å². The molecule has 0 saturated carbocycles. The molecule has 2 saturated heterocycles. The molecule has 2 N–H and O–H groups in total. The van der Waals surface area contributed by atoms with Crippen molar-refractivity contribution < 1.29 is 18.0 Å². The van der Waals surface area contributed by atoms with Crippen molar-refractivity contribution in [3.8, 4) is 0 Å². The van der Waals surface area contributed by atoms with E-state index in [0.717, 1.165) is 25.2 Å². The normalized spacial score (nSPS) is 21.2. The number of hydrogen-bond donors (Lipinski definition) is 2. The van der Waals surface area contributed by atoms with Crippen LogP contribution in [0.1, 0.15) is 15.9 Å². The summed E-state index contributed by atoms with van der Waals surface area (Å²) >= 11 is 0. The maximum atomic E-state index is 13.0. The number of nitrogens with one attached hydrogen (secondary N) is 2. The first-order chi connectivity index (χ1) is 12.9. The van der Waals surface area contributed by atoms with E-state index >= 15 is 0 Å². The molecule has 0 radical (unpaired) electrons. The predicted molar refractivity (Wildman–Crippen MR) is 104 cm³/mol. The van der Waals surface area contributed by atoms with Gasteiger partial charge in [-0.1, -0.05) is 18.2 Å². The molecule has 4 nitrogen and oxygen atoms in total. The van der Waals surface area contributed by atoms with Gasteiger partial charge in [-0.15, -0.1) is 12.4 Å². The lowest BCUT2D eigenvalue weighted by Crippen LogP contribution is -2.32. The molecule has 2 fully saturated rings. The van der Waals surface area contributed by atoms with E-state index in [4.69, 9.17) is 0 Å². The molecule has 2 atom stereocenters. The minimum absolute atomic E-state index is 0. The maximum Gasteiger partial charge on any atom is 0.416 e. The molecule has 0 aromatic heterocycles. The predicted octanol–water partition coefficient (Wildman–Crippen LogP) is 4.16. The van der Waals surface area contributed by atoms with Gasteiger partial charge in [0.15, 0.2) is 0 Å². The van der Waals surface area contributed by atoms with E-state index in [-0.39, 0.29) is 18.3 Å². The van der Waals surface area contributed by atoms with E-state index in [0.29, 0.717) is 41.9 Å². The third-order valence-electron chi connectivity index (χ3n) is 5.30. The Morgan fingerprint density at radius 1 is 1.04 bits per heavy atom. The van der Waals surface area contributed by atoms with Gasteiger partial charge < -0.3 is 15.5 Å². The first-order valence-corrected chi connectivity index (χ1v) is 8.95. The summed E-state index contributed by atoms with van der Waals surface area (Å²) in [6, 6.07) is 11.9. The number of rotatable bonds is 3. The smallest absolute Gasteiger partial charge is 0.355 e. The van der Waals surface area contributed by atoms with Crippen LogP contribution in [0.5, 0.6) is 0 Å². The SMILES string of the molecule is Cl.O=C(c1ccccc1Nc1cccc(C(F)(F)F)c1)N1C[C@H]2CNC[C@H]2C1. The topological polar surface area (TPSA) is 44.4 Å². The van der Waals surface area contributed by atoms with Crippen LogP contribution in [0.4, 0.5) is 24.5 Å². The van der Waals surface area contributed by atoms with Gasteiger partial charge in [0.25, 0.3) is 5.91 Å². The van der Waals surface area contributed by atoms with Crippen LogP contribution in [-0.4, -0.2) is 37.0 Å². The Labute approximate surface area is 167 Å². The minimum atomic E-state index is -4.41. The van der Waals surface area contributed by atoms with Crippen LogP contribution in [0.15, 0.2) is 48.5 Å². The van der Waals surface area contributed by atoms with Crippen molar-refractivity contribution in [2.24, 2.45) is 11.8 Å². The summed E-state index contributed by atoms with van der Waals surface area (Å²) in [4.78, 5) is 14.9. The van der Waals surface area contributed by atoms with E-state index in [1.807, 2.05) is 4.90 Å². The summed E-state index contributed by atoms with van der Waals surface area (Å²) in [6.45, 7) is 3.29. The number of carbonyl (C=O) groups excluding carboxylic acids is 1. The second-order valence-corrected chi connectivity index (χ2v) is 7.14. The molecule has 2 aliphatic heterocycles. The van der Waals surface area contributed by atoms with Crippen LogP contribution in [0.25, 0.3) is 0 Å². The Morgan fingerprint density at radius 2 is 1.71 bits per heavy atom. The fraction of sp³-hybridized carbons (Fsp3) is 0.350. The minimum Gasteiger partial charge on any atom is -0.355 e. The summed E-state index contributed by atoms with van der Waals surface area (Å²) in [6.07, 6.45) is -4.41. The zero-order valence-electron chi connectivity index (χ0n) is 15.0. The van der Waals surface area contributed by atoms with Crippen LogP contribution >= 0.6 is 12.4 Å². The number of hydrogen-bond acceptors (Lipinski definition) is 3. The molecule has 8 heteroatoms. The van der Waals surface area contributed by atoms with Crippen molar-refractivity contribution in [1.82, 2.24) is 10.2 Å². The number of halogens is 4. The fourth-order valence-electron chi connectivity index (χ4n) is 3.90. The van der Waals surface area contributed by atoms with Crippen molar-refractivity contribution in [1.29, 1.82) is 0 Å². The molecule has 0 unspecified atom stereocenters. The summed E-state index contributed by atoms with van der Waals surface area (Å²) in [5.74, 6) is 0.884. The number of alkyl halides is 3. The lowest BCUT2D eigenvalue weighted by atomic mass is 10.0. The molecule has 2 aromatic rings. The number of carbonyl (C=O) groups is 1. The second kappa shape index (κ2) is 8.01. The molecule has 0 aliphatic carbocycles. The van der Waals surface area contributed by atoms with Crippen molar-refractivity contribution in [3.05, 3.63) is 59.7 Å². The number of anilines is 2. The molecule has 2 heterocycles. The van der Waals surface area contributed by atoms with Crippen molar-refractivity contribution in [3.63, 3.8) is 0 Å². The quantitative estimate of drug-likeness (QED) is 0.797. The van der Waals surface area contributed by atoms with E-state index in [9.17, 15) is 18.0 Å². The third kappa shape index (κ3) is 4.10. The highest BCUT2D eigenvalue weighted by molar-refractivity contribution is 6.00. The van der Waals surface area contributed by atoms with Gasteiger partial charge in [-0.3, -0.25) is 4.79 Å². The largest absolute Gasteiger partial charge is 0.416 e. The zero-order valence-corrected chi connectivity index (χ0v) is 15.8. The summed E-state index contributed by atoms with van der Waals surface area (Å²) < 4.78 is 38.8. The Morgan fingerprint density at radius 3 is 2.39 bits per heavy atom. The Kier molecular flexibility index (Phi) is 5.86. The standard InChI is InChI=1S/C20H20F3N3O.ClH/c21-20(22,23)15-4-3-5-16(8-15)25-18-7-2-1-6-17(18)19(27)26-11-13-9-24-10-14(13)12-26;/h1-8,13-14,24-25H,9-12H2;1H/t13-,14+;. The summed E-state index contributed by atoms with van der Waals surface area (Å²) in [5.41, 5.74) is 0.559. The number of benzene rings is 2. The lowest BCUT2D eigenvalue weighted by molar-refractivity contribution is -0.137. The second-order valence-electron chi connectivity index (χ2n) is 7.14. The van der Waals surface area contributed by atoms with Crippen molar-refractivity contribution >= 4 is 29.7 Å². The van der Waals surface area contributed by atoms with Crippen molar-refractivity contribution in [2.45, 2.75) is 6.18 Å². The fourth-order valence-corrected chi connectivity index (χ4v) is 3.90. The Bertz CT molecular complexity index is 847. The van der Waals surface area contributed by atoms with E-state index < -0.39 is 11.7 Å². The van der Waals surface area contributed by atoms with Gasteiger partial charge in [-0.05, 0) is 42.2 Å². The summed E-state index contributed by atoms with van der Waals surface area (Å²) in [5, 5.41) is 6.32. The van der Waals surface area contributed by atoms with E-state index in [2.05, 4.69) is 10.6 Å². The van der Waals surface area contributed by atoms with E-state index in [1.54, 1.807) is 30.3 Å². The zero-order chi connectivity index (χ0) is 19.0. The van der Waals surface area contributed by atoms with Gasteiger partial charge in [-0.25, -0.2) is 0 Å². The number of fused-ring (bicyclic) bond motifs is 1. The number of nitrogens with zero attached hydrogens (tertiary/aromatic N) is 1. The Hall–Kier alpha value is -2.25. The van der Waals surface area contributed by atoms with E-state index in [1.165, 1.54) is 6.07 Å². The molecule has 2 aromatic carbocycles. The monoisotopic (exact) mass is 411 g/mol. The number of likely N-dealkylation sites (tertiary alicyclic amines) is 1. The third-order valence-corrected chi connectivity index (χ3v) is 5.30. The highest BCUT2D eigenvalue weighted by Gasteiger charge is 2.38. The molecule has 0 spiro atoms. The molecule has 0 bridgehead atoms. The molecule has 4 rings (SSSR count). The molecule has 150 valence electrons. The van der Waals surface area contributed by atoms with Gasteiger partial charge in [-0.2, -0.15) is 13.2 Å².